The third-order valence-electron chi connectivity index (χ3n) is 2.56. The molecular weight excluding hydrogens is 164 g/mol. The summed E-state index contributed by atoms with van der Waals surface area (Å²) in [6.45, 7) is 6.98. The summed E-state index contributed by atoms with van der Waals surface area (Å²) >= 11 is 0. The summed E-state index contributed by atoms with van der Waals surface area (Å²) in [7, 11) is 0. The molecule has 1 aliphatic rings. The van der Waals surface area contributed by atoms with Crippen LogP contribution in [0.25, 0.3) is 0 Å². The van der Waals surface area contributed by atoms with Gasteiger partial charge in [-0.2, -0.15) is 5.10 Å². The molecule has 1 aliphatic heterocycles. The van der Waals surface area contributed by atoms with Gasteiger partial charge in [-0.05, 0) is 26.3 Å². The molecule has 13 heavy (non-hydrogen) atoms. The average molecular weight is 180 g/mol. The van der Waals surface area contributed by atoms with Crippen LogP contribution in [-0.4, -0.2) is 23.0 Å². The number of aryl methyl sites for hydroxylation is 2. The summed E-state index contributed by atoms with van der Waals surface area (Å²) < 4.78 is 7.43. The van der Waals surface area contributed by atoms with Gasteiger partial charge in [-0.15, -0.1) is 0 Å². The lowest BCUT2D eigenvalue weighted by molar-refractivity contribution is 0.181. The normalized spacial score (nSPS) is 22.5. The van der Waals surface area contributed by atoms with Crippen molar-refractivity contribution in [3.05, 3.63) is 17.5 Å². The van der Waals surface area contributed by atoms with Gasteiger partial charge in [0.25, 0.3) is 0 Å². The summed E-state index contributed by atoms with van der Waals surface area (Å²) in [5.74, 6) is 0.665. The van der Waals surface area contributed by atoms with Gasteiger partial charge in [0.15, 0.2) is 0 Å². The molecule has 1 aromatic heterocycles. The minimum absolute atomic E-state index is 0.665. The maximum absolute atomic E-state index is 5.33. The Hall–Kier alpha value is -0.830. The van der Waals surface area contributed by atoms with E-state index in [9.17, 15) is 0 Å². The molecule has 2 heterocycles. The van der Waals surface area contributed by atoms with E-state index in [0.717, 1.165) is 25.5 Å². The number of hydrogen-bond acceptors (Lipinski definition) is 2. The van der Waals surface area contributed by atoms with Gasteiger partial charge < -0.3 is 4.74 Å². The van der Waals surface area contributed by atoms with Crippen LogP contribution >= 0.6 is 0 Å². The third kappa shape index (κ3) is 1.91. The highest BCUT2D eigenvalue weighted by Crippen LogP contribution is 2.15. The smallest absolute Gasteiger partial charge is 0.0596 e. The first-order chi connectivity index (χ1) is 6.25. The highest BCUT2D eigenvalue weighted by atomic mass is 16.5. The van der Waals surface area contributed by atoms with Gasteiger partial charge >= 0.3 is 0 Å². The SMILES string of the molecule is Cc1cc(C)n(CC2CCOC2)n1. The summed E-state index contributed by atoms with van der Waals surface area (Å²) in [5, 5.41) is 4.43. The molecule has 1 aromatic rings. The molecule has 0 bridgehead atoms. The van der Waals surface area contributed by atoms with Crippen molar-refractivity contribution in [1.29, 1.82) is 0 Å². The first-order valence-electron chi connectivity index (χ1n) is 4.84. The van der Waals surface area contributed by atoms with Crippen molar-refractivity contribution < 1.29 is 4.74 Å². The van der Waals surface area contributed by atoms with Crippen molar-refractivity contribution in [1.82, 2.24) is 9.78 Å². The summed E-state index contributed by atoms with van der Waals surface area (Å²) in [6, 6.07) is 2.12. The second-order valence-electron chi connectivity index (χ2n) is 3.84. The van der Waals surface area contributed by atoms with Crippen molar-refractivity contribution in [2.24, 2.45) is 5.92 Å². The van der Waals surface area contributed by atoms with Gasteiger partial charge in [0.1, 0.15) is 0 Å². The Kier molecular flexibility index (Phi) is 2.36. The van der Waals surface area contributed by atoms with Crippen molar-refractivity contribution in [3.63, 3.8) is 0 Å². The molecule has 1 unspecified atom stereocenters. The van der Waals surface area contributed by atoms with Gasteiger partial charge in [0.05, 0.1) is 12.3 Å². The van der Waals surface area contributed by atoms with E-state index in [-0.39, 0.29) is 0 Å². The van der Waals surface area contributed by atoms with E-state index in [4.69, 9.17) is 4.74 Å². The van der Waals surface area contributed by atoms with E-state index < -0.39 is 0 Å². The van der Waals surface area contributed by atoms with Gasteiger partial charge in [0, 0.05) is 24.8 Å². The maximum Gasteiger partial charge on any atom is 0.0596 e. The molecule has 0 spiro atoms. The monoisotopic (exact) mass is 180 g/mol. The molecule has 0 amide bonds. The summed E-state index contributed by atoms with van der Waals surface area (Å²) in [4.78, 5) is 0. The Morgan fingerprint density at radius 3 is 3.00 bits per heavy atom. The van der Waals surface area contributed by atoms with E-state index in [1.807, 2.05) is 6.92 Å². The van der Waals surface area contributed by atoms with Crippen LogP contribution in [0.2, 0.25) is 0 Å². The fourth-order valence-electron chi connectivity index (χ4n) is 1.83. The van der Waals surface area contributed by atoms with Crippen LogP contribution in [-0.2, 0) is 11.3 Å². The van der Waals surface area contributed by atoms with Crippen LogP contribution in [0.1, 0.15) is 17.8 Å². The Morgan fingerprint density at radius 2 is 2.46 bits per heavy atom. The lowest BCUT2D eigenvalue weighted by atomic mass is 10.1. The molecule has 0 N–H and O–H groups in total. The van der Waals surface area contributed by atoms with Gasteiger partial charge in [-0.1, -0.05) is 0 Å². The van der Waals surface area contributed by atoms with E-state index in [1.165, 1.54) is 12.1 Å². The molecule has 1 fully saturated rings. The summed E-state index contributed by atoms with van der Waals surface area (Å²) in [6.07, 6.45) is 1.18. The van der Waals surface area contributed by atoms with E-state index in [0.29, 0.717) is 5.92 Å². The number of aromatic nitrogens is 2. The molecule has 0 radical (unpaired) electrons. The zero-order valence-corrected chi connectivity index (χ0v) is 8.29. The first kappa shape index (κ1) is 8.75. The first-order valence-corrected chi connectivity index (χ1v) is 4.84. The van der Waals surface area contributed by atoms with Crippen molar-refractivity contribution >= 4 is 0 Å². The predicted octanol–water partition coefficient (Wildman–Crippen LogP) is 1.54. The van der Waals surface area contributed by atoms with Gasteiger partial charge in [-0.25, -0.2) is 0 Å². The van der Waals surface area contributed by atoms with E-state index >= 15 is 0 Å². The second kappa shape index (κ2) is 3.50. The van der Waals surface area contributed by atoms with E-state index in [2.05, 4.69) is 22.8 Å². The van der Waals surface area contributed by atoms with Crippen molar-refractivity contribution in [3.8, 4) is 0 Å². The standard InChI is InChI=1S/C10H16N2O/c1-8-5-9(2)12(11-8)6-10-3-4-13-7-10/h5,10H,3-4,6-7H2,1-2H3. The van der Waals surface area contributed by atoms with Crippen LogP contribution in [0, 0.1) is 19.8 Å². The van der Waals surface area contributed by atoms with Crippen LogP contribution in [0.5, 0.6) is 0 Å². The number of rotatable bonds is 2. The zero-order valence-electron chi connectivity index (χ0n) is 8.29. The number of hydrogen-bond donors (Lipinski definition) is 0. The Balaban J connectivity index is 2.03. The van der Waals surface area contributed by atoms with Crippen LogP contribution in [0.15, 0.2) is 6.07 Å². The Bertz CT molecular complexity index is 287. The van der Waals surface area contributed by atoms with Crippen LogP contribution in [0.4, 0.5) is 0 Å². The lowest BCUT2D eigenvalue weighted by Gasteiger charge is -2.08. The second-order valence-corrected chi connectivity index (χ2v) is 3.84. The predicted molar refractivity (Wildman–Crippen MR) is 50.6 cm³/mol. The van der Waals surface area contributed by atoms with Gasteiger partial charge in [-0.3, -0.25) is 4.68 Å². The topological polar surface area (TPSA) is 27.1 Å². The highest BCUT2D eigenvalue weighted by Gasteiger charge is 2.17. The molecule has 0 aromatic carbocycles. The minimum Gasteiger partial charge on any atom is -0.381 e. The fourth-order valence-corrected chi connectivity index (χ4v) is 1.83. The number of nitrogens with zero attached hydrogens (tertiary/aromatic N) is 2. The van der Waals surface area contributed by atoms with Crippen LogP contribution in [0.3, 0.4) is 0 Å². The molecule has 0 saturated carbocycles. The lowest BCUT2D eigenvalue weighted by Crippen LogP contribution is -2.12. The molecular formula is C10H16N2O. The minimum atomic E-state index is 0.665. The highest BCUT2D eigenvalue weighted by molar-refractivity contribution is 5.06. The molecule has 2 rings (SSSR count). The van der Waals surface area contributed by atoms with Gasteiger partial charge in [0.2, 0.25) is 0 Å². The molecule has 1 saturated heterocycles. The zero-order chi connectivity index (χ0) is 9.26. The largest absolute Gasteiger partial charge is 0.381 e. The molecule has 3 nitrogen and oxygen atoms in total. The van der Waals surface area contributed by atoms with E-state index in [1.54, 1.807) is 0 Å². The molecule has 1 atom stereocenters. The van der Waals surface area contributed by atoms with Crippen molar-refractivity contribution in [2.75, 3.05) is 13.2 Å². The molecule has 3 heteroatoms. The third-order valence-corrected chi connectivity index (χ3v) is 2.56. The molecule has 0 aliphatic carbocycles. The maximum atomic E-state index is 5.33. The number of ether oxygens (including phenoxy) is 1. The Labute approximate surface area is 78.7 Å². The van der Waals surface area contributed by atoms with Crippen molar-refractivity contribution in [2.45, 2.75) is 26.8 Å². The van der Waals surface area contributed by atoms with Crippen LogP contribution < -0.4 is 0 Å². The summed E-state index contributed by atoms with van der Waals surface area (Å²) in [5.41, 5.74) is 2.36. The molecule has 72 valence electrons. The quantitative estimate of drug-likeness (QED) is 0.690. The fraction of sp³-hybridized carbons (Fsp3) is 0.700. The average Bonchev–Trinajstić information content (AvgIpc) is 2.63. The Morgan fingerprint density at radius 1 is 1.62 bits per heavy atom.